The molecular weight excluding hydrogens is 524 g/mol. The zero-order chi connectivity index (χ0) is 24.0. The van der Waals surface area contributed by atoms with Crippen molar-refractivity contribution in [1.29, 1.82) is 0 Å². The monoisotopic (exact) mass is 542 g/mol. The highest BCUT2D eigenvalue weighted by atomic mass is 79.9. The molecule has 0 bridgehead atoms. The number of hydrogen-bond acceptors (Lipinski definition) is 8. The van der Waals surface area contributed by atoms with E-state index in [9.17, 15) is 14.7 Å². The van der Waals surface area contributed by atoms with Crippen LogP contribution in [-0.4, -0.2) is 29.0 Å². The molecule has 0 amide bonds. The van der Waals surface area contributed by atoms with Gasteiger partial charge in [0.15, 0.2) is 16.3 Å². The average molecular weight is 543 g/mol. The van der Waals surface area contributed by atoms with E-state index in [-0.39, 0.29) is 30.3 Å². The second kappa shape index (κ2) is 8.77. The summed E-state index contributed by atoms with van der Waals surface area (Å²) in [4.78, 5) is 31.6. The Morgan fingerprint density at radius 1 is 1.29 bits per heavy atom. The maximum absolute atomic E-state index is 13.6. The fourth-order valence-electron chi connectivity index (χ4n) is 3.97. The lowest BCUT2D eigenvalue weighted by molar-refractivity contribution is -0.139. The van der Waals surface area contributed by atoms with Crippen molar-refractivity contribution in [2.75, 3.05) is 13.4 Å². The minimum Gasteiger partial charge on any atom is -0.507 e. The van der Waals surface area contributed by atoms with Crippen LogP contribution in [0.1, 0.15) is 31.0 Å². The number of allylic oxidation sites excluding steroid dienone is 1. The molecule has 174 valence electrons. The van der Waals surface area contributed by atoms with E-state index < -0.39 is 12.0 Å². The van der Waals surface area contributed by atoms with Crippen LogP contribution in [0.25, 0.3) is 6.08 Å². The standard InChI is InChI=1S/C24H19BrN2O6S/c1-3-31-23(30)20-12(2)26-24-27(21(20)13-4-7-17-18(9-13)33-11-32-17)22(29)19(34-24)10-14-8-15(25)5-6-16(14)28/h4-10,21,28H,3,11H2,1-2H3. The first kappa shape index (κ1) is 22.4. The van der Waals surface area contributed by atoms with Crippen LogP contribution >= 0.6 is 27.3 Å². The van der Waals surface area contributed by atoms with Gasteiger partial charge in [-0.2, -0.15) is 0 Å². The molecule has 3 heterocycles. The van der Waals surface area contributed by atoms with Gasteiger partial charge in [0.2, 0.25) is 6.79 Å². The number of fused-ring (bicyclic) bond motifs is 2. The van der Waals surface area contributed by atoms with Crippen molar-refractivity contribution in [2.45, 2.75) is 19.9 Å². The lowest BCUT2D eigenvalue weighted by Gasteiger charge is -2.24. The Morgan fingerprint density at radius 2 is 2.09 bits per heavy atom. The number of phenolic OH excluding ortho intramolecular Hbond substituents is 1. The van der Waals surface area contributed by atoms with Crippen molar-refractivity contribution in [1.82, 2.24) is 4.57 Å². The number of thiazole rings is 1. The Bertz CT molecular complexity index is 1540. The van der Waals surface area contributed by atoms with Crippen LogP contribution in [0.4, 0.5) is 0 Å². The number of aromatic hydroxyl groups is 1. The molecule has 10 heteroatoms. The van der Waals surface area contributed by atoms with Gasteiger partial charge in [0, 0.05) is 10.0 Å². The summed E-state index contributed by atoms with van der Waals surface area (Å²) in [5, 5.41) is 10.3. The van der Waals surface area contributed by atoms with Crippen molar-refractivity contribution in [3.8, 4) is 17.2 Å². The average Bonchev–Trinajstić information content (AvgIpc) is 3.39. The molecule has 0 spiro atoms. The van der Waals surface area contributed by atoms with E-state index in [1.807, 2.05) is 0 Å². The van der Waals surface area contributed by atoms with E-state index in [2.05, 4.69) is 20.9 Å². The smallest absolute Gasteiger partial charge is 0.338 e. The molecular formula is C24H19BrN2O6S. The SMILES string of the molecule is CCOC(=O)C1=C(C)N=c2sc(=Cc3cc(Br)ccc3O)c(=O)n2C1c1ccc2c(c1)OCO2. The fourth-order valence-corrected chi connectivity index (χ4v) is 5.39. The zero-order valence-corrected chi connectivity index (χ0v) is 20.6. The molecule has 2 aromatic carbocycles. The first-order chi connectivity index (χ1) is 16.4. The molecule has 0 saturated carbocycles. The van der Waals surface area contributed by atoms with Gasteiger partial charge in [-0.15, -0.1) is 0 Å². The summed E-state index contributed by atoms with van der Waals surface area (Å²) in [7, 11) is 0. The van der Waals surface area contributed by atoms with Crippen LogP contribution in [0.15, 0.2) is 61.9 Å². The van der Waals surface area contributed by atoms with E-state index in [1.165, 1.54) is 15.9 Å². The lowest BCUT2D eigenvalue weighted by atomic mass is 9.95. The van der Waals surface area contributed by atoms with E-state index in [0.29, 0.717) is 37.7 Å². The van der Waals surface area contributed by atoms with Gasteiger partial charge >= 0.3 is 5.97 Å². The molecule has 2 aliphatic heterocycles. The van der Waals surface area contributed by atoms with E-state index in [4.69, 9.17) is 14.2 Å². The predicted molar refractivity (Wildman–Crippen MR) is 129 cm³/mol. The highest BCUT2D eigenvalue weighted by Crippen LogP contribution is 2.38. The first-order valence-corrected chi connectivity index (χ1v) is 12.1. The number of benzene rings is 2. The Labute approximate surface area is 206 Å². The van der Waals surface area contributed by atoms with Gasteiger partial charge in [-0.3, -0.25) is 9.36 Å². The van der Waals surface area contributed by atoms with Crippen molar-refractivity contribution in [3.63, 3.8) is 0 Å². The zero-order valence-electron chi connectivity index (χ0n) is 18.2. The molecule has 34 heavy (non-hydrogen) atoms. The van der Waals surface area contributed by atoms with Gasteiger partial charge in [-0.25, -0.2) is 9.79 Å². The Kier molecular flexibility index (Phi) is 5.78. The van der Waals surface area contributed by atoms with E-state index in [1.54, 1.807) is 56.3 Å². The molecule has 2 aliphatic rings. The molecule has 0 saturated heterocycles. The molecule has 0 fully saturated rings. The Morgan fingerprint density at radius 3 is 2.88 bits per heavy atom. The van der Waals surface area contributed by atoms with Gasteiger partial charge in [-0.1, -0.05) is 33.3 Å². The largest absolute Gasteiger partial charge is 0.507 e. The second-order valence-electron chi connectivity index (χ2n) is 7.62. The number of rotatable bonds is 4. The van der Waals surface area contributed by atoms with Crippen LogP contribution in [0, 0.1) is 0 Å². The molecule has 1 aromatic heterocycles. The Balaban J connectivity index is 1.74. The van der Waals surface area contributed by atoms with Crippen molar-refractivity contribution in [2.24, 2.45) is 4.99 Å². The fraction of sp³-hybridized carbons (Fsp3) is 0.208. The van der Waals surface area contributed by atoms with Gasteiger partial charge in [-0.05, 0) is 55.8 Å². The first-order valence-electron chi connectivity index (χ1n) is 10.4. The van der Waals surface area contributed by atoms with Crippen LogP contribution in [0.3, 0.4) is 0 Å². The molecule has 0 radical (unpaired) electrons. The summed E-state index contributed by atoms with van der Waals surface area (Å²) in [6.45, 7) is 3.75. The van der Waals surface area contributed by atoms with Gasteiger partial charge in [0.1, 0.15) is 5.75 Å². The van der Waals surface area contributed by atoms with Crippen LogP contribution < -0.4 is 24.4 Å². The number of carbonyl (C=O) groups is 1. The van der Waals surface area contributed by atoms with Crippen molar-refractivity contribution in [3.05, 3.63) is 83.0 Å². The van der Waals surface area contributed by atoms with Crippen LogP contribution in [0.5, 0.6) is 17.2 Å². The molecule has 1 unspecified atom stereocenters. The second-order valence-corrected chi connectivity index (χ2v) is 9.54. The van der Waals surface area contributed by atoms with E-state index in [0.717, 1.165) is 4.47 Å². The maximum Gasteiger partial charge on any atom is 0.338 e. The summed E-state index contributed by atoms with van der Waals surface area (Å²) < 4.78 is 18.9. The van der Waals surface area contributed by atoms with Crippen molar-refractivity contribution >= 4 is 39.3 Å². The molecule has 5 rings (SSSR count). The predicted octanol–water partition coefficient (Wildman–Crippen LogP) is 3.00. The third-order valence-electron chi connectivity index (χ3n) is 5.51. The topological polar surface area (TPSA) is 99.4 Å². The highest BCUT2D eigenvalue weighted by Gasteiger charge is 2.34. The summed E-state index contributed by atoms with van der Waals surface area (Å²) in [5.74, 6) is 0.645. The number of aromatic nitrogens is 1. The number of hydrogen-bond donors (Lipinski definition) is 1. The molecule has 1 atom stereocenters. The van der Waals surface area contributed by atoms with Gasteiger partial charge in [0.05, 0.1) is 28.5 Å². The number of nitrogens with zero attached hydrogens (tertiary/aromatic N) is 2. The molecule has 8 nitrogen and oxygen atoms in total. The molecule has 0 aliphatic carbocycles. The van der Waals surface area contributed by atoms with E-state index >= 15 is 0 Å². The Hall–Kier alpha value is -3.37. The summed E-state index contributed by atoms with van der Waals surface area (Å²) in [5.41, 5.74) is 1.57. The summed E-state index contributed by atoms with van der Waals surface area (Å²) in [6, 6.07) is 9.54. The third-order valence-corrected chi connectivity index (χ3v) is 6.98. The minimum absolute atomic E-state index is 0.0461. The quantitative estimate of drug-likeness (QED) is 0.509. The number of esters is 1. The van der Waals surface area contributed by atoms with Crippen molar-refractivity contribution < 1.29 is 24.1 Å². The van der Waals surface area contributed by atoms with Crippen LogP contribution in [0.2, 0.25) is 0 Å². The number of carbonyl (C=O) groups excluding carboxylic acids is 1. The van der Waals surface area contributed by atoms with Gasteiger partial charge < -0.3 is 19.3 Å². The number of halogens is 1. The molecule has 1 N–H and O–H groups in total. The summed E-state index contributed by atoms with van der Waals surface area (Å²) >= 11 is 4.57. The van der Waals surface area contributed by atoms with Gasteiger partial charge in [0.25, 0.3) is 5.56 Å². The molecule has 3 aromatic rings. The minimum atomic E-state index is -0.761. The number of ether oxygens (including phenoxy) is 3. The highest BCUT2D eigenvalue weighted by molar-refractivity contribution is 9.10. The maximum atomic E-state index is 13.6. The summed E-state index contributed by atoms with van der Waals surface area (Å²) in [6.07, 6.45) is 1.62. The van der Waals surface area contributed by atoms with Crippen LogP contribution in [-0.2, 0) is 9.53 Å². The number of phenols is 1. The third kappa shape index (κ3) is 3.82. The normalized spacial score (nSPS) is 16.9. The lowest BCUT2D eigenvalue weighted by Crippen LogP contribution is -2.39.